The fourth-order valence-corrected chi connectivity index (χ4v) is 1.36. The second kappa shape index (κ2) is 5.08. The molecule has 0 aromatic carbocycles. The lowest BCUT2D eigenvalue weighted by Crippen LogP contribution is -1.98. The van der Waals surface area contributed by atoms with Gasteiger partial charge in [0.2, 0.25) is 0 Å². The van der Waals surface area contributed by atoms with Gasteiger partial charge in [-0.3, -0.25) is 4.98 Å². The van der Waals surface area contributed by atoms with Crippen molar-refractivity contribution in [2.75, 3.05) is 0 Å². The number of aliphatic carboxylic acids is 1. The lowest BCUT2D eigenvalue weighted by atomic mass is 10.1. The molecule has 0 atom stereocenters. The number of hydrogen-bond donors (Lipinski definition) is 1. The molecule has 0 unspecified atom stereocenters. The maximum Gasteiger partial charge on any atom is 0.328 e. The smallest absolute Gasteiger partial charge is 0.328 e. The lowest BCUT2D eigenvalue weighted by molar-refractivity contribution is -0.131. The third-order valence-corrected chi connectivity index (χ3v) is 2.21. The Bertz CT molecular complexity index is 485. The molecule has 0 saturated heterocycles. The van der Waals surface area contributed by atoms with Crippen LogP contribution in [0.4, 0.5) is 0 Å². The molecule has 0 fully saturated rings. The molecule has 1 N–H and O–H groups in total. The molecule has 0 aliphatic rings. The van der Waals surface area contributed by atoms with Gasteiger partial charge in [-0.2, -0.15) is 5.26 Å². The van der Waals surface area contributed by atoms with E-state index >= 15 is 0 Å². The third-order valence-electron chi connectivity index (χ3n) is 2.21. The van der Waals surface area contributed by atoms with E-state index in [2.05, 4.69) is 11.1 Å². The van der Waals surface area contributed by atoms with Crippen LogP contribution < -0.4 is 0 Å². The van der Waals surface area contributed by atoms with Crippen molar-refractivity contribution in [2.24, 2.45) is 0 Å². The predicted molar refractivity (Wildman–Crippen MR) is 59.7 cm³/mol. The first-order chi connectivity index (χ1) is 7.58. The SMILES string of the molecule is CCc1cc(C#N)c(C)nc1/C=C/C(=O)O. The second-order valence-corrected chi connectivity index (χ2v) is 3.30. The van der Waals surface area contributed by atoms with Crippen LogP contribution >= 0.6 is 0 Å². The van der Waals surface area contributed by atoms with Crippen LogP contribution in [0.15, 0.2) is 12.1 Å². The maximum absolute atomic E-state index is 10.4. The molecular weight excluding hydrogens is 204 g/mol. The Labute approximate surface area is 93.9 Å². The minimum absolute atomic E-state index is 0.532. The van der Waals surface area contributed by atoms with Crippen LogP contribution in [-0.2, 0) is 11.2 Å². The Hall–Kier alpha value is -2.15. The Morgan fingerprint density at radius 3 is 2.88 bits per heavy atom. The Morgan fingerprint density at radius 1 is 1.69 bits per heavy atom. The predicted octanol–water partition coefficient (Wildman–Crippen LogP) is 1.92. The highest BCUT2D eigenvalue weighted by atomic mass is 16.4. The number of rotatable bonds is 3. The van der Waals surface area contributed by atoms with Gasteiger partial charge in [0, 0.05) is 6.08 Å². The Balaban J connectivity index is 3.24. The number of nitriles is 1. The fraction of sp³-hybridized carbons (Fsp3) is 0.250. The molecule has 0 bridgehead atoms. The average molecular weight is 216 g/mol. The zero-order valence-electron chi connectivity index (χ0n) is 9.19. The van der Waals surface area contributed by atoms with Gasteiger partial charge in [0.1, 0.15) is 6.07 Å². The summed E-state index contributed by atoms with van der Waals surface area (Å²) in [5.41, 5.74) is 2.63. The van der Waals surface area contributed by atoms with Crippen LogP contribution in [0.25, 0.3) is 6.08 Å². The second-order valence-electron chi connectivity index (χ2n) is 3.30. The number of pyridine rings is 1. The maximum atomic E-state index is 10.4. The van der Waals surface area contributed by atoms with Gasteiger partial charge < -0.3 is 5.11 Å². The summed E-state index contributed by atoms with van der Waals surface area (Å²) in [6, 6.07) is 3.81. The van der Waals surface area contributed by atoms with E-state index in [9.17, 15) is 4.79 Å². The largest absolute Gasteiger partial charge is 0.478 e. The van der Waals surface area contributed by atoms with Gasteiger partial charge >= 0.3 is 5.97 Å². The van der Waals surface area contributed by atoms with Crippen LogP contribution in [0, 0.1) is 18.3 Å². The molecule has 4 nitrogen and oxygen atoms in total. The van der Waals surface area contributed by atoms with Crippen molar-refractivity contribution in [3.63, 3.8) is 0 Å². The first kappa shape index (κ1) is 11.9. The van der Waals surface area contributed by atoms with Gasteiger partial charge in [0.25, 0.3) is 0 Å². The van der Waals surface area contributed by atoms with Crippen molar-refractivity contribution >= 4 is 12.0 Å². The fourth-order valence-electron chi connectivity index (χ4n) is 1.36. The number of carboxylic acid groups (broad SMARTS) is 1. The van der Waals surface area contributed by atoms with E-state index in [1.807, 2.05) is 6.92 Å². The van der Waals surface area contributed by atoms with E-state index in [0.717, 1.165) is 11.6 Å². The van der Waals surface area contributed by atoms with Crippen molar-refractivity contribution in [3.8, 4) is 6.07 Å². The number of nitrogens with zero attached hydrogens (tertiary/aromatic N) is 2. The summed E-state index contributed by atoms with van der Waals surface area (Å²) in [6.07, 6.45) is 3.21. The van der Waals surface area contributed by atoms with E-state index in [1.54, 1.807) is 13.0 Å². The van der Waals surface area contributed by atoms with Crippen molar-refractivity contribution < 1.29 is 9.90 Å². The molecule has 1 aromatic rings. The van der Waals surface area contributed by atoms with E-state index < -0.39 is 5.97 Å². The summed E-state index contributed by atoms with van der Waals surface area (Å²) >= 11 is 0. The van der Waals surface area contributed by atoms with Gasteiger partial charge in [0.15, 0.2) is 0 Å². The average Bonchev–Trinajstić information content (AvgIpc) is 2.26. The number of carbonyl (C=O) groups is 1. The lowest BCUT2D eigenvalue weighted by Gasteiger charge is -2.05. The van der Waals surface area contributed by atoms with Gasteiger partial charge in [-0.25, -0.2) is 4.79 Å². The molecule has 1 rings (SSSR count). The molecule has 0 amide bonds. The Kier molecular flexibility index (Phi) is 3.78. The summed E-state index contributed by atoms with van der Waals surface area (Å²) in [7, 11) is 0. The molecule has 16 heavy (non-hydrogen) atoms. The van der Waals surface area contributed by atoms with Gasteiger partial charge in [-0.15, -0.1) is 0 Å². The first-order valence-corrected chi connectivity index (χ1v) is 4.90. The molecular formula is C12H12N2O2. The topological polar surface area (TPSA) is 74.0 Å². The summed E-state index contributed by atoms with van der Waals surface area (Å²) in [4.78, 5) is 14.6. The molecule has 0 spiro atoms. The van der Waals surface area contributed by atoms with Crippen molar-refractivity contribution in [3.05, 3.63) is 34.7 Å². The monoisotopic (exact) mass is 216 g/mol. The van der Waals surface area contributed by atoms with Gasteiger partial charge in [-0.05, 0) is 31.1 Å². The molecule has 82 valence electrons. The molecule has 1 aromatic heterocycles. The van der Waals surface area contributed by atoms with Crippen LogP contribution in [-0.4, -0.2) is 16.1 Å². The summed E-state index contributed by atoms with van der Waals surface area (Å²) in [5.74, 6) is -1.01. The van der Waals surface area contributed by atoms with Crippen LogP contribution in [0.1, 0.15) is 29.4 Å². The summed E-state index contributed by atoms with van der Waals surface area (Å²) in [6.45, 7) is 3.67. The van der Waals surface area contributed by atoms with Gasteiger partial charge in [-0.1, -0.05) is 6.92 Å². The quantitative estimate of drug-likeness (QED) is 0.783. The normalized spacial score (nSPS) is 10.3. The van der Waals surface area contributed by atoms with Crippen molar-refractivity contribution in [2.45, 2.75) is 20.3 Å². The van der Waals surface area contributed by atoms with Crippen LogP contribution in [0.5, 0.6) is 0 Å². The highest BCUT2D eigenvalue weighted by molar-refractivity contribution is 5.85. The molecule has 4 heteroatoms. The van der Waals surface area contributed by atoms with Gasteiger partial charge in [0.05, 0.1) is 17.0 Å². The number of hydrogen-bond acceptors (Lipinski definition) is 3. The highest BCUT2D eigenvalue weighted by Crippen LogP contribution is 2.14. The third kappa shape index (κ3) is 2.67. The van der Waals surface area contributed by atoms with E-state index in [0.29, 0.717) is 23.4 Å². The highest BCUT2D eigenvalue weighted by Gasteiger charge is 2.05. The number of aryl methyl sites for hydroxylation is 2. The zero-order valence-corrected chi connectivity index (χ0v) is 9.19. The molecule has 0 aliphatic carbocycles. The minimum Gasteiger partial charge on any atom is -0.478 e. The summed E-state index contributed by atoms with van der Waals surface area (Å²) < 4.78 is 0. The number of carboxylic acids is 1. The summed E-state index contributed by atoms with van der Waals surface area (Å²) in [5, 5.41) is 17.4. The van der Waals surface area contributed by atoms with E-state index in [4.69, 9.17) is 10.4 Å². The number of aromatic nitrogens is 1. The first-order valence-electron chi connectivity index (χ1n) is 4.90. The van der Waals surface area contributed by atoms with Crippen LogP contribution in [0.3, 0.4) is 0 Å². The molecule has 0 radical (unpaired) electrons. The molecule has 1 heterocycles. The van der Waals surface area contributed by atoms with Crippen LogP contribution in [0.2, 0.25) is 0 Å². The van der Waals surface area contributed by atoms with E-state index in [1.165, 1.54) is 6.08 Å². The minimum atomic E-state index is -1.01. The van der Waals surface area contributed by atoms with Crippen molar-refractivity contribution in [1.82, 2.24) is 4.98 Å². The standard InChI is InChI=1S/C12H12N2O2/c1-3-9-6-10(7-13)8(2)14-11(9)4-5-12(15)16/h4-6H,3H2,1-2H3,(H,15,16)/b5-4+. The van der Waals surface area contributed by atoms with E-state index in [-0.39, 0.29) is 0 Å². The molecule has 0 aliphatic heterocycles. The molecule has 0 saturated carbocycles. The Morgan fingerprint density at radius 2 is 2.38 bits per heavy atom. The van der Waals surface area contributed by atoms with Crippen molar-refractivity contribution in [1.29, 1.82) is 5.26 Å². The zero-order chi connectivity index (χ0) is 12.1.